The number of anilines is 1. The molecule has 2 aliphatic rings. The monoisotopic (exact) mass is 276 g/mol. The number of rotatable bonds is 5. The SMILES string of the molecule is c1nc(NCCN2CCCCC2)cc(C2CCOC2)n1. The van der Waals surface area contributed by atoms with Crippen molar-refractivity contribution in [3.8, 4) is 0 Å². The quantitative estimate of drug-likeness (QED) is 0.890. The summed E-state index contributed by atoms with van der Waals surface area (Å²) in [5, 5.41) is 3.42. The first-order chi connectivity index (χ1) is 9.92. The summed E-state index contributed by atoms with van der Waals surface area (Å²) >= 11 is 0. The molecule has 0 amide bonds. The molecule has 2 saturated heterocycles. The second-order valence-corrected chi connectivity index (χ2v) is 5.72. The Morgan fingerprint density at radius 2 is 2.15 bits per heavy atom. The van der Waals surface area contributed by atoms with Crippen molar-refractivity contribution in [2.75, 3.05) is 44.7 Å². The van der Waals surface area contributed by atoms with Crippen LogP contribution < -0.4 is 5.32 Å². The zero-order valence-electron chi connectivity index (χ0n) is 12.1. The summed E-state index contributed by atoms with van der Waals surface area (Å²) in [5.41, 5.74) is 1.11. The minimum Gasteiger partial charge on any atom is -0.381 e. The fourth-order valence-electron chi connectivity index (χ4n) is 2.99. The van der Waals surface area contributed by atoms with Gasteiger partial charge in [-0.15, -0.1) is 0 Å². The van der Waals surface area contributed by atoms with Crippen molar-refractivity contribution in [2.24, 2.45) is 0 Å². The highest BCUT2D eigenvalue weighted by molar-refractivity contribution is 5.36. The molecule has 1 aromatic rings. The first kappa shape index (κ1) is 13.8. The van der Waals surface area contributed by atoms with Gasteiger partial charge in [-0.05, 0) is 32.4 Å². The van der Waals surface area contributed by atoms with E-state index in [1.807, 2.05) is 0 Å². The van der Waals surface area contributed by atoms with Gasteiger partial charge in [0.1, 0.15) is 12.1 Å². The number of piperidine rings is 1. The minimum atomic E-state index is 0.445. The molecule has 0 aromatic carbocycles. The number of nitrogens with zero attached hydrogens (tertiary/aromatic N) is 3. The van der Waals surface area contributed by atoms with Gasteiger partial charge in [-0.1, -0.05) is 6.42 Å². The molecule has 1 aromatic heterocycles. The molecule has 20 heavy (non-hydrogen) atoms. The molecule has 0 saturated carbocycles. The van der Waals surface area contributed by atoms with Crippen LogP contribution in [0.5, 0.6) is 0 Å². The fraction of sp³-hybridized carbons (Fsp3) is 0.733. The van der Waals surface area contributed by atoms with Crippen LogP contribution in [0.2, 0.25) is 0 Å². The summed E-state index contributed by atoms with van der Waals surface area (Å²) < 4.78 is 5.42. The lowest BCUT2D eigenvalue weighted by Gasteiger charge is -2.26. The van der Waals surface area contributed by atoms with Crippen molar-refractivity contribution in [1.82, 2.24) is 14.9 Å². The number of aromatic nitrogens is 2. The van der Waals surface area contributed by atoms with Gasteiger partial charge in [0.05, 0.1) is 12.3 Å². The minimum absolute atomic E-state index is 0.445. The highest BCUT2D eigenvalue weighted by atomic mass is 16.5. The van der Waals surface area contributed by atoms with E-state index in [1.54, 1.807) is 6.33 Å². The van der Waals surface area contributed by atoms with Gasteiger partial charge in [0.15, 0.2) is 0 Å². The van der Waals surface area contributed by atoms with E-state index >= 15 is 0 Å². The van der Waals surface area contributed by atoms with Gasteiger partial charge >= 0.3 is 0 Å². The predicted octanol–water partition coefficient (Wildman–Crippen LogP) is 1.88. The molecule has 110 valence electrons. The van der Waals surface area contributed by atoms with Crippen LogP contribution in [0.15, 0.2) is 12.4 Å². The normalized spacial score (nSPS) is 23.9. The van der Waals surface area contributed by atoms with Gasteiger partial charge in [-0.2, -0.15) is 0 Å². The van der Waals surface area contributed by atoms with E-state index in [9.17, 15) is 0 Å². The van der Waals surface area contributed by atoms with E-state index in [-0.39, 0.29) is 0 Å². The molecule has 1 N–H and O–H groups in total. The van der Waals surface area contributed by atoms with Crippen LogP contribution in [0.1, 0.15) is 37.3 Å². The van der Waals surface area contributed by atoms with E-state index in [1.165, 1.54) is 32.4 Å². The second kappa shape index (κ2) is 6.99. The molecule has 3 heterocycles. The topological polar surface area (TPSA) is 50.3 Å². The third kappa shape index (κ3) is 3.67. The summed E-state index contributed by atoms with van der Waals surface area (Å²) in [7, 11) is 0. The van der Waals surface area contributed by atoms with Crippen molar-refractivity contribution in [1.29, 1.82) is 0 Å². The number of hydrogen-bond donors (Lipinski definition) is 1. The summed E-state index contributed by atoms with van der Waals surface area (Å²) in [6.45, 7) is 6.20. The molecule has 0 spiro atoms. The highest BCUT2D eigenvalue weighted by Gasteiger charge is 2.19. The third-order valence-electron chi connectivity index (χ3n) is 4.22. The van der Waals surface area contributed by atoms with Crippen molar-refractivity contribution in [3.05, 3.63) is 18.1 Å². The van der Waals surface area contributed by atoms with Gasteiger partial charge in [-0.25, -0.2) is 9.97 Å². The Bertz CT molecular complexity index is 414. The molecule has 0 radical (unpaired) electrons. The molecule has 5 nitrogen and oxygen atoms in total. The number of ether oxygens (including phenoxy) is 1. The first-order valence-corrected chi connectivity index (χ1v) is 7.78. The molecule has 1 atom stereocenters. The van der Waals surface area contributed by atoms with E-state index in [2.05, 4.69) is 26.3 Å². The van der Waals surface area contributed by atoms with Gasteiger partial charge in [0.2, 0.25) is 0 Å². The van der Waals surface area contributed by atoms with Crippen LogP contribution in [0.3, 0.4) is 0 Å². The van der Waals surface area contributed by atoms with Crippen molar-refractivity contribution in [2.45, 2.75) is 31.6 Å². The molecule has 1 unspecified atom stereocenters. The van der Waals surface area contributed by atoms with E-state index in [0.717, 1.165) is 44.2 Å². The summed E-state index contributed by atoms with van der Waals surface area (Å²) in [5.74, 6) is 1.39. The lowest BCUT2D eigenvalue weighted by atomic mass is 10.1. The Balaban J connectivity index is 1.48. The Kier molecular flexibility index (Phi) is 4.82. The zero-order chi connectivity index (χ0) is 13.6. The molecule has 2 aliphatic heterocycles. The maximum atomic E-state index is 5.42. The number of hydrogen-bond acceptors (Lipinski definition) is 5. The Morgan fingerprint density at radius 3 is 2.95 bits per heavy atom. The van der Waals surface area contributed by atoms with Crippen LogP contribution in [0.4, 0.5) is 5.82 Å². The molecule has 2 fully saturated rings. The van der Waals surface area contributed by atoms with Gasteiger partial charge < -0.3 is 15.0 Å². The molecule has 0 aliphatic carbocycles. The maximum absolute atomic E-state index is 5.42. The molecular formula is C15H24N4O. The van der Waals surface area contributed by atoms with Crippen molar-refractivity contribution < 1.29 is 4.74 Å². The average Bonchev–Trinajstić information content (AvgIpc) is 3.03. The van der Waals surface area contributed by atoms with E-state index in [0.29, 0.717) is 5.92 Å². The Hall–Kier alpha value is -1.20. The zero-order valence-corrected chi connectivity index (χ0v) is 12.1. The average molecular weight is 276 g/mol. The summed E-state index contributed by atoms with van der Waals surface area (Å²) in [6, 6.07) is 2.08. The fourth-order valence-corrected chi connectivity index (χ4v) is 2.99. The predicted molar refractivity (Wildman–Crippen MR) is 79.0 cm³/mol. The van der Waals surface area contributed by atoms with Crippen LogP contribution in [-0.4, -0.2) is 54.3 Å². The highest BCUT2D eigenvalue weighted by Crippen LogP contribution is 2.24. The Morgan fingerprint density at radius 1 is 1.25 bits per heavy atom. The second-order valence-electron chi connectivity index (χ2n) is 5.72. The lowest BCUT2D eigenvalue weighted by Crippen LogP contribution is -2.33. The standard InChI is InChI=1S/C15H24N4O/c1-2-6-19(7-3-1)8-5-16-15-10-14(17-12-18-15)13-4-9-20-11-13/h10,12-13H,1-9,11H2,(H,16,17,18). The van der Waals surface area contributed by atoms with Gasteiger partial charge in [0, 0.05) is 31.7 Å². The summed E-state index contributed by atoms with van der Waals surface area (Å²) in [4.78, 5) is 11.2. The first-order valence-electron chi connectivity index (χ1n) is 7.78. The summed E-state index contributed by atoms with van der Waals surface area (Å²) in [6.07, 6.45) is 6.82. The molecule has 5 heteroatoms. The van der Waals surface area contributed by atoms with Crippen LogP contribution >= 0.6 is 0 Å². The van der Waals surface area contributed by atoms with E-state index < -0.39 is 0 Å². The van der Waals surface area contributed by atoms with E-state index in [4.69, 9.17) is 4.74 Å². The van der Waals surface area contributed by atoms with Crippen LogP contribution in [0, 0.1) is 0 Å². The number of likely N-dealkylation sites (tertiary alicyclic amines) is 1. The van der Waals surface area contributed by atoms with Crippen molar-refractivity contribution >= 4 is 5.82 Å². The number of nitrogens with one attached hydrogen (secondary N) is 1. The third-order valence-corrected chi connectivity index (χ3v) is 4.22. The lowest BCUT2D eigenvalue weighted by molar-refractivity contribution is 0.193. The van der Waals surface area contributed by atoms with Crippen LogP contribution in [0.25, 0.3) is 0 Å². The van der Waals surface area contributed by atoms with Gasteiger partial charge in [-0.3, -0.25) is 0 Å². The molecule has 3 rings (SSSR count). The maximum Gasteiger partial charge on any atom is 0.129 e. The largest absolute Gasteiger partial charge is 0.381 e. The molecular weight excluding hydrogens is 252 g/mol. The molecule has 0 bridgehead atoms. The van der Waals surface area contributed by atoms with Gasteiger partial charge in [0.25, 0.3) is 0 Å². The Labute approximate surface area is 120 Å². The van der Waals surface area contributed by atoms with Crippen LogP contribution in [-0.2, 0) is 4.74 Å². The van der Waals surface area contributed by atoms with Crippen molar-refractivity contribution in [3.63, 3.8) is 0 Å². The smallest absolute Gasteiger partial charge is 0.129 e.